The van der Waals surface area contributed by atoms with Crippen molar-refractivity contribution in [3.63, 3.8) is 0 Å². The Morgan fingerprint density at radius 1 is 1.38 bits per heavy atom. The van der Waals surface area contributed by atoms with Crippen molar-refractivity contribution in [2.45, 2.75) is 36.0 Å². The Bertz CT molecular complexity index is 579. The van der Waals surface area contributed by atoms with Crippen LogP contribution >= 0.6 is 11.6 Å². The lowest BCUT2D eigenvalue weighted by Gasteiger charge is -2.20. The molecule has 0 saturated carbocycles. The SMILES string of the molecule is CC1(C)NC([S+]([O-])c2ccc(Cl)c(C(F)(F)F)c2)NC1=N. The molecule has 0 amide bonds. The van der Waals surface area contributed by atoms with Crippen LogP contribution in [-0.4, -0.2) is 21.4 Å². The lowest BCUT2D eigenvalue weighted by molar-refractivity contribution is -0.137. The van der Waals surface area contributed by atoms with Gasteiger partial charge in [-0.05, 0) is 26.0 Å². The lowest BCUT2D eigenvalue weighted by atomic mass is 10.1. The molecule has 1 aromatic rings. The van der Waals surface area contributed by atoms with Crippen molar-refractivity contribution in [3.05, 3.63) is 28.8 Å². The van der Waals surface area contributed by atoms with Crippen LogP contribution in [-0.2, 0) is 17.4 Å². The third-order valence-corrected chi connectivity index (χ3v) is 4.79. The van der Waals surface area contributed by atoms with E-state index in [9.17, 15) is 17.7 Å². The molecule has 1 aliphatic heterocycles. The minimum atomic E-state index is -4.61. The summed E-state index contributed by atoms with van der Waals surface area (Å²) in [5, 5.41) is 12.8. The highest BCUT2D eigenvalue weighted by atomic mass is 35.5. The summed E-state index contributed by atoms with van der Waals surface area (Å²) in [6.07, 6.45) is -4.61. The fourth-order valence-electron chi connectivity index (χ4n) is 1.84. The van der Waals surface area contributed by atoms with E-state index >= 15 is 0 Å². The first-order chi connectivity index (χ1) is 9.52. The number of benzene rings is 1. The maximum Gasteiger partial charge on any atom is 0.418 e. The highest BCUT2D eigenvalue weighted by molar-refractivity contribution is 7.92. The summed E-state index contributed by atoms with van der Waals surface area (Å²) in [6, 6.07) is 3.13. The predicted molar refractivity (Wildman–Crippen MR) is 74.7 cm³/mol. The van der Waals surface area contributed by atoms with Crippen molar-refractivity contribution in [1.29, 1.82) is 5.41 Å². The molecule has 1 fully saturated rings. The van der Waals surface area contributed by atoms with Gasteiger partial charge in [-0.25, -0.2) is 5.32 Å². The Morgan fingerprint density at radius 2 is 2.00 bits per heavy atom. The summed E-state index contributed by atoms with van der Waals surface area (Å²) in [6.45, 7) is 3.42. The quantitative estimate of drug-likeness (QED) is 0.725. The Hall–Kier alpha value is -0.960. The van der Waals surface area contributed by atoms with Crippen LogP contribution in [0.5, 0.6) is 0 Å². The van der Waals surface area contributed by atoms with E-state index in [4.69, 9.17) is 17.0 Å². The van der Waals surface area contributed by atoms with Crippen molar-refractivity contribution in [2.75, 3.05) is 0 Å². The van der Waals surface area contributed by atoms with Crippen molar-refractivity contribution in [3.8, 4) is 0 Å². The van der Waals surface area contributed by atoms with Gasteiger partial charge in [0.25, 0.3) is 0 Å². The van der Waals surface area contributed by atoms with Crippen LogP contribution in [0.3, 0.4) is 0 Å². The minimum Gasteiger partial charge on any atom is -0.609 e. The van der Waals surface area contributed by atoms with E-state index in [1.54, 1.807) is 13.8 Å². The molecule has 0 radical (unpaired) electrons. The van der Waals surface area contributed by atoms with E-state index < -0.39 is 39.0 Å². The highest BCUT2D eigenvalue weighted by Gasteiger charge is 2.42. The maximum absolute atomic E-state index is 12.8. The second-order valence-electron chi connectivity index (χ2n) is 5.11. The number of hydrogen-bond donors (Lipinski definition) is 3. The maximum atomic E-state index is 12.8. The zero-order valence-corrected chi connectivity index (χ0v) is 12.7. The number of rotatable bonds is 2. The van der Waals surface area contributed by atoms with Crippen LogP contribution in [0.15, 0.2) is 23.1 Å². The summed E-state index contributed by atoms with van der Waals surface area (Å²) in [4.78, 5) is -0.0118. The Labute approximate surface area is 127 Å². The van der Waals surface area contributed by atoms with E-state index in [1.807, 2.05) is 0 Å². The first kappa shape index (κ1) is 16.4. The molecule has 2 rings (SSSR count). The summed E-state index contributed by atoms with van der Waals surface area (Å²) in [5.74, 6) is 0.130. The Balaban J connectivity index is 2.29. The van der Waals surface area contributed by atoms with E-state index in [0.717, 1.165) is 12.1 Å². The molecule has 1 aliphatic rings. The normalized spacial score (nSPS) is 23.0. The number of hydrogen-bond acceptors (Lipinski definition) is 3. The lowest BCUT2D eigenvalue weighted by Crippen LogP contribution is -2.44. The highest BCUT2D eigenvalue weighted by Crippen LogP contribution is 2.36. The van der Waals surface area contributed by atoms with Crippen LogP contribution in [0.2, 0.25) is 5.02 Å². The molecule has 2 atom stereocenters. The molecule has 3 N–H and O–H groups in total. The summed E-state index contributed by atoms with van der Waals surface area (Å²) in [7, 11) is 0. The molecular formula is C12H13ClF3N3OS. The van der Waals surface area contributed by atoms with Crippen LogP contribution in [0.25, 0.3) is 0 Å². The predicted octanol–water partition coefficient (Wildman–Crippen LogP) is 2.70. The fourth-order valence-corrected chi connectivity index (χ4v) is 3.40. The van der Waals surface area contributed by atoms with Crippen LogP contribution < -0.4 is 10.6 Å². The van der Waals surface area contributed by atoms with Gasteiger partial charge < -0.3 is 9.87 Å². The van der Waals surface area contributed by atoms with E-state index in [-0.39, 0.29) is 10.7 Å². The van der Waals surface area contributed by atoms with Gasteiger partial charge in [-0.15, -0.1) is 0 Å². The van der Waals surface area contributed by atoms with Gasteiger partial charge in [-0.2, -0.15) is 13.2 Å². The van der Waals surface area contributed by atoms with Crippen molar-refractivity contribution < 1.29 is 17.7 Å². The topological polar surface area (TPSA) is 71.0 Å². The molecule has 0 spiro atoms. The molecule has 1 saturated heterocycles. The van der Waals surface area contributed by atoms with E-state index in [1.165, 1.54) is 6.07 Å². The molecule has 1 aromatic carbocycles. The summed E-state index contributed by atoms with van der Waals surface area (Å²) in [5.41, 5.74) is -2.56. The second kappa shape index (κ2) is 5.35. The molecule has 1 heterocycles. The standard InChI is InChI=1S/C12H13ClF3N3OS/c1-11(2)9(17)18-10(19-11)21(20)6-3-4-8(13)7(5-6)12(14,15)16/h3-5,10,19H,1-2H3,(H2,17,18). The van der Waals surface area contributed by atoms with Gasteiger partial charge in [0.2, 0.25) is 5.50 Å². The van der Waals surface area contributed by atoms with Gasteiger partial charge in [-0.1, -0.05) is 11.6 Å². The molecule has 116 valence electrons. The van der Waals surface area contributed by atoms with Gasteiger partial charge >= 0.3 is 6.18 Å². The van der Waals surface area contributed by atoms with Gasteiger partial charge in [0.1, 0.15) is 5.84 Å². The summed E-state index contributed by atoms with van der Waals surface area (Å²) < 4.78 is 50.8. The zero-order chi connectivity index (χ0) is 16.0. The number of halogens is 4. The van der Waals surface area contributed by atoms with Crippen LogP contribution in [0.1, 0.15) is 19.4 Å². The largest absolute Gasteiger partial charge is 0.609 e. The monoisotopic (exact) mass is 339 g/mol. The van der Waals surface area contributed by atoms with Crippen LogP contribution in [0.4, 0.5) is 13.2 Å². The molecule has 0 aliphatic carbocycles. The van der Waals surface area contributed by atoms with Gasteiger partial charge in [0.15, 0.2) is 4.90 Å². The van der Waals surface area contributed by atoms with Gasteiger partial charge in [0, 0.05) is 17.2 Å². The fraction of sp³-hybridized carbons (Fsp3) is 0.417. The van der Waals surface area contributed by atoms with Crippen molar-refractivity contribution >= 4 is 28.6 Å². The van der Waals surface area contributed by atoms with Gasteiger partial charge in [0.05, 0.1) is 16.1 Å². The van der Waals surface area contributed by atoms with Crippen molar-refractivity contribution in [1.82, 2.24) is 10.6 Å². The third kappa shape index (κ3) is 3.28. The number of nitrogens with one attached hydrogen (secondary N) is 3. The van der Waals surface area contributed by atoms with Gasteiger partial charge in [-0.3, -0.25) is 5.41 Å². The average Bonchev–Trinajstić information content (AvgIpc) is 2.62. The number of alkyl halides is 3. The van der Waals surface area contributed by atoms with E-state index in [2.05, 4.69) is 10.6 Å². The molecule has 0 bridgehead atoms. The first-order valence-corrected chi connectivity index (χ1v) is 7.52. The van der Waals surface area contributed by atoms with Crippen molar-refractivity contribution in [2.24, 2.45) is 0 Å². The summed E-state index contributed by atoms with van der Waals surface area (Å²) >= 11 is 3.73. The zero-order valence-electron chi connectivity index (χ0n) is 11.1. The first-order valence-electron chi connectivity index (χ1n) is 5.93. The average molecular weight is 340 g/mol. The molecular weight excluding hydrogens is 327 g/mol. The smallest absolute Gasteiger partial charge is 0.418 e. The molecule has 9 heteroatoms. The Kier molecular flexibility index (Phi) is 4.18. The minimum absolute atomic E-state index is 0.0118. The molecule has 4 nitrogen and oxygen atoms in total. The number of amidine groups is 1. The molecule has 21 heavy (non-hydrogen) atoms. The van der Waals surface area contributed by atoms with E-state index in [0.29, 0.717) is 0 Å². The molecule has 0 aromatic heterocycles. The Morgan fingerprint density at radius 3 is 2.48 bits per heavy atom. The third-order valence-electron chi connectivity index (χ3n) is 3.08. The second-order valence-corrected chi connectivity index (χ2v) is 7.05. The van der Waals surface area contributed by atoms with Crippen LogP contribution in [0, 0.1) is 5.41 Å². The molecule has 2 unspecified atom stereocenters.